The Morgan fingerprint density at radius 3 is 2.26 bits per heavy atom. The summed E-state index contributed by atoms with van der Waals surface area (Å²) in [5, 5.41) is 3.29. The first-order valence-corrected chi connectivity index (χ1v) is 16.6. The lowest BCUT2D eigenvalue weighted by Crippen LogP contribution is -2.62. The summed E-state index contributed by atoms with van der Waals surface area (Å²) in [4.78, 5) is 37.8. The number of anilines is 2. The van der Waals surface area contributed by atoms with Gasteiger partial charge in [0, 0.05) is 43.4 Å². The summed E-state index contributed by atoms with van der Waals surface area (Å²) < 4.78 is 5.52. The van der Waals surface area contributed by atoms with E-state index in [9.17, 15) is 9.59 Å². The fraction of sp³-hybridized carbons (Fsp3) is 0.359. The normalized spacial score (nSPS) is 22.3. The van der Waals surface area contributed by atoms with Crippen molar-refractivity contribution in [2.45, 2.75) is 50.6 Å². The minimum atomic E-state index is -1.00. The van der Waals surface area contributed by atoms with E-state index in [2.05, 4.69) is 51.6 Å². The number of hydrogen-bond acceptors (Lipinski definition) is 5. The summed E-state index contributed by atoms with van der Waals surface area (Å²) in [6.07, 6.45) is 7.89. The van der Waals surface area contributed by atoms with E-state index in [1.807, 2.05) is 59.5 Å². The Bertz CT molecular complexity index is 1640. The van der Waals surface area contributed by atoms with Crippen LogP contribution in [0.15, 0.2) is 103 Å². The van der Waals surface area contributed by atoms with Crippen LogP contribution >= 0.6 is 0 Å². The predicted molar refractivity (Wildman–Crippen MR) is 180 cm³/mol. The molecule has 1 saturated carbocycles. The second kappa shape index (κ2) is 13.5. The zero-order valence-electron chi connectivity index (χ0n) is 26.3. The third kappa shape index (κ3) is 6.42. The average molecular weight is 615 g/mol. The van der Waals surface area contributed by atoms with Crippen LogP contribution in [0, 0.1) is 11.8 Å². The van der Waals surface area contributed by atoms with Crippen molar-refractivity contribution in [3.05, 3.63) is 126 Å². The first-order chi connectivity index (χ1) is 22.6. The molecule has 1 saturated heterocycles. The van der Waals surface area contributed by atoms with Gasteiger partial charge in [0.15, 0.2) is 0 Å². The van der Waals surface area contributed by atoms with Gasteiger partial charge >= 0.3 is 0 Å². The standard InChI is InChI=1S/C39H42N4O3/c44-37(23-29-7-2-1-3-8-29)43(28-30-9-6-18-40-27-30)39(17-16-33-24-31-10-4-5-11-32(31)25-34(33)26-39)38(45)41-35-12-14-36(15-13-35)42-19-21-46-22-20-42/h1-15,18,27,33-34H,16-17,19-26,28H2,(H,41,45)/t33-,34+,39-/m1/s1. The maximum atomic E-state index is 14.8. The van der Waals surface area contributed by atoms with E-state index in [0.717, 1.165) is 68.1 Å². The van der Waals surface area contributed by atoms with Gasteiger partial charge in [0.25, 0.3) is 0 Å². The SMILES string of the molecule is O=C(Cc1ccccc1)N(Cc1cccnc1)[C@]1(C(=O)Nc2ccc(N3CCOCC3)cc2)CC[C@@H]2Cc3ccccc3C[C@H]2C1. The van der Waals surface area contributed by atoms with Gasteiger partial charge in [0.2, 0.25) is 11.8 Å². The molecule has 7 heteroatoms. The number of amides is 2. The largest absolute Gasteiger partial charge is 0.378 e. The van der Waals surface area contributed by atoms with Crippen molar-refractivity contribution in [1.29, 1.82) is 0 Å². The zero-order chi connectivity index (χ0) is 31.3. The number of ether oxygens (including phenoxy) is 1. The molecule has 3 atom stereocenters. The van der Waals surface area contributed by atoms with E-state index < -0.39 is 5.54 Å². The second-order valence-electron chi connectivity index (χ2n) is 13.1. The molecule has 236 valence electrons. The number of nitrogens with zero attached hydrogens (tertiary/aromatic N) is 3. The maximum absolute atomic E-state index is 14.8. The van der Waals surface area contributed by atoms with Gasteiger partial charge in [-0.3, -0.25) is 14.6 Å². The van der Waals surface area contributed by atoms with Crippen LogP contribution in [-0.2, 0) is 40.1 Å². The number of rotatable bonds is 8. The fourth-order valence-corrected chi connectivity index (χ4v) is 7.81. The molecule has 1 aromatic heterocycles. The second-order valence-corrected chi connectivity index (χ2v) is 13.1. The van der Waals surface area contributed by atoms with Crippen molar-refractivity contribution >= 4 is 23.2 Å². The number of morpholine rings is 1. The molecule has 3 aromatic carbocycles. The Labute approximate surface area is 271 Å². The molecule has 2 aliphatic carbocycles. The Morgan fingerprint density at radius 2 is 1.54 bits per heavy atom. The van der Waals surface area contributed by atoms with E-state index in [-0.39, 0.29) is 18.2 Å². The molecule has 7 rings (SSSR count). The number of carbonyl (C=O) groups is 2. The summed E-state index contributed by atoms with van der Waals surface area (Å²) >= 11 is 0. The van der Waals surface area contributed by atoms with Crippen LogP contribution in [0.5, 0.6) is 0 Å². The third-order valence-electron chi connectivity index (χ3n) is 10.3. The van der Waals surface area contributed by atoms with Crippen LogP contribution < -0.4 is 10.2 Å². The molecule has 2 amide bonds. The quantitative estimate of drug-likeness (QED) is 0.260. The van der Waals surface area contributed by atoms with Gasteiger partial charge in [0.05, 0.1) is 19.6 Å². The smallest absolute Gasteiger partial charge is 0.250 e. The molecular weight excluding hydrogens is 572 g/mol. The minimum absolute atomic E-state index is 0.0393. The van der Waals surface area contributed by atoms with Gasteiger partial charge in [-0.05, 0) is 96.5 Å². The molecule has 2 heterocycles. The maximum Gasteiger partial charge on any atom is 0.250 e. The van der Waals surface area contributed by atoms with Crippen molar-refractivity contribution in [3.8, 4) is 0 Å². The van der Waals surface area contributed by atoms with Crippen LogP contribution in [0.3, 0.4) is 0 Å². The number of carbonyl (C=O) groups excluding carboxylic acids is 2. The average Bonchev–Trinajstić information content (AvgIpc) is 3.11. The van der Waals surface area contributed by atoms with E-state index in [4.69, 9.17) is 4.74 Å². The number of aromatic nitrogens is 1. The number of fused-ring (bicyclic) bond motifs is 2. The highest BCUT2D eigenvalue weighted by molar-refractivity contribution is 6.01. The summed E-state index contributed by atoms with van der Waals surface area (Å²) in [5.41, 5.74) is 5.52. The zero-order valence-corrected chi connectivity index (χ0v) is 26.3. The number of benzene rings is 3. The predicted octanol–water partition coefficient (Wildman–Crippen LogP) is 6.08. The van der Waals surface area contributed by atoms with Crippen LogP contribution in [-0.4, -0.2) is 53.5 Å². The van der Waals surface area contributed by atoms with Crippen molar-refractivity contribution in [1.82, 2.24) is 9.88 Å². The minimum Gasteiger partial charge on any atom is -0.378 e. The van der Waals surface area contributed by atoms with Crippen molar-refractivity contribution in [2.75, 3.05) is 36.5 Å². The number of hydrogen-bond donors (Lipinski definition) is 1. The molecule has 2 fully saturated rings. The monoisotopic (exact) mass is 614 g/mol. The summed E-state index contributed by atoms with van der Waals surface area (Å²) in [6, 6.07) is 30.6. The highest BCUT2D eigenvalue weighted by Gasteiger charge is 2.52. The number of pyridine rings is 1. The van der Waals surface area contributed by atoms with Crippen LogP contribution in [0.25, 0.3) is 0 Å². The number of nitrogens with one attached hydrogen (secondary N) is 1. The van der Waals surface area contributed by atoms with E-state index in [1.165, 1.54) is 11.1 Å². The molecule has 46 heavy (non-hydrogen) atoms. The van der Waals surface area contributed by atoms with Gasteiger partial charge in [-0.15, -0.1) is 0 Å². The highest BCUT2D eigenvalue weighted by Crippen LogP contribution is 2.47. The molecule has 0 radical (unpaired) electrons. The molecule has 0 spiro atoms. The van der Waals surface area contributed by atoms with Gasteiger partial charge in [0.1, 0.15) is 5.54 Å². The van der Waals surface area contributed by atoms with E-state index >= 15 is 0 Å². The topological polar surface area (TPSA) is 74.8 Å². The molecular formula is C39H42N4O3. The molecule has 3 aliphatic rings. The van der Waals surface area contributed by atoms with Crippen molar-refractivity contribution in [2.24, 2.45) is 11.8 Å². The fourth-order valence-electron chi connectivity index (χ4n) is 7.81. The summed E-state index contributed by atoms with van der Waals surface area (Å²) in [6.45, 7) is 3.48. The van der Waals surface area contributed by atoms with E-state index in [1.54, 1.807) is 12.4 Å². The molecule has 0 bridgehead atoms. The van der Waals surface area contributed by atoms with Crippen molar-refractivity contribution < 1.29 is 14.3 Å². The van der Waals surface area contributed by atoms with Gasteiger partial charge < -0.3 is 19.9 Å². The third-order valence-corrected chi connectivity index (χ3v) is 10.3. The van der Waals surface area contributed by atoms with Gasteiger partial charge in [-0.2, -0.15) is 0 Å². The van der Waals surface area contributed by atoms with Crippen LogP contribution in [0.4, 0.5) is 11.4 Å². The summed E-state index contributed by atoms with van der Waals surface area (Å²) in [5.74, 6) is 0.656. The Morgan fingerprint density at radius 1 is 0.848 bits per heavy atom. The highest BCUT2D eigenvalue weighted by atomic mass is 16.5. The van der Waals surface area contributed by atoms with Crippen LogP contribution in [0.2, 0.25) is 0 Å². The lowest BCUT2D eigenvalue weighted by atomic mass is 9.62. The Kier molecular flexibility index (Phi) is 8.84. The molecule has 0 unspecified atom stereocenters. The van der Waals surface area contributed by atoms with Gasteiger partial charge in [-0.25, -0.2) is 0 Å². The molecule has 4 aromatic rings. The van der Waals surface area contributed by atoms with Crippen molar-refractivity contribution in [3.63, 3.8) is 0 Å². The van der Waals surface area contributed by atoms with Crippen LogP contribution in [0.1, 0.15) is 41.5 Å². The first-order valence-electron chi connectivity index (χ1n) is 16.6. The Hall–Kier alpha value is -4.49. The lowest BCUT2D eigenvalue weighted by molar-refractivity contribution is -0.150. The molecule has 7 nitrogen and oxygen atoms in total. The summed E-state index contributed by atoms with van der Waals surface area (Å²) in [7, 11) is 0. The first kappa shape index (κ1) is 30.2. The van der Waals surface area contributed by atoms with E-state index in [0.29, 0.717) is 31.2 Å². The molecule has 1 N–H and O–H groups in total. The molecule has 1 aliphatic heterocycles. The Balaban J connectivity index is 1.23. The van der Waals surface area contributed by atoms with Gasteiger partial charge in [-0.1, -0.05) is 60.7 Å². The lowest BCUT2D eigenvalue weighted by Gasteiger charge is -2.51.